The molecular weight excluding hydrogens is 487 g/mol. The van der Waals surface area contributed by atoms with E-state index in [2.05, 4.69) is 5.32 Å². The van der Waals surface area contributed by atoms with Crippen molar-refractivity contribution in [2.75, 3.05) is 0 Å². The first-order valence-electron chi connectivity index (χ1n) is 11.0. The zero-order valence-corrected chi connectivity index (χ0v) is 20.2. The number of fused-ring (bicyclic) bond motifs is 2. The average molecular weight is 512 g/mol. The lowest BCUT2D eigenvalue weighted by molar-refractivity contribution is -0.136. The second-order valence-electron chi connectivity index (χ2n) is 8.59. The van der Waals surface area contributed by atoms with Crippen molar-refractivity contribution in [3.63, 3.8) is 0 Å². The molecule has 33 heavy (non-hydrogen) atoms. The van der Waals surface area contributed by atoms with E-state index in [1.807, 2.05) is 11.0 Å². The Labute approximate surface area is 207 Å². The molecule has 0 radical (unpaired) electrons. The fourth-order valence-electron chi connectivity index (χ4n) is 4.79. The molecule has 2 bridgehead atoms. The lowest BCUT2D eigenvalue weighted by Gasteiger charge is -2.48. The van der Waals surface area contributed by atoms with Gasteiger partial charge in [-0.05, 0) is 54.7 Å². The zero-order valence-electron chi connectivity index (χ0n) is 17.9. The molecule has 2 fully saturated rings. The molecule has 0 aromatic heterocycles. The molecule has 2 amide bonds. The van der Waals surface area contributed by atoms with Crippen LogP contribution in [0.15, 0.2) is 36.4 Å². The number of rotatable bonds is 6. The summed E-state index contributed by atoms with van der Waals surface area (Å²) in [5.74, 6) is -0.360. The minimum atomic E-state index is -0.906. The maximum atomic E-state index is 13.0. The molecule has 2 saturated heterocycles. The van der Waals surface area contributed by atoms with Gasteiger partial charge in [-0.15, -0.1) is 0 Å². The van der Waals surface area contributed by atoms with Gasteiger partial charge in [-0.1, -0.05) is 46.9 Å². The second-order valence-corrected chi connectivity index (χ2v) is 9.84. The number of hydrogen-bond acceptors (Lipinski definition) is 3. The van der Waals surface area contributed by atoms with Crippen molar-refractivity contribution in [1.29, 1.82) is 0 Å². The average Bonchev–Trinajstić information content (AvgIpc) is 2.74. The molecular formula is C24H25Cl3N2O4. The summed E-state index contributed by atoms with van der Waals surface area (Å²) in [5, 5.41) is 13.4. The van der Waals surface area contributed by atoms with Gasteiger partial charge in [0, 0.05) is 41.5 Å². The summed E-state index contributed by atoms with van der Waals surface area (Å²) < 4.78 is 6.20. The summed E-state index contributed by atoms with van der Waals surface area (Å²) in [6.45, 7) is 0.336. The summed E-state index contributed by atoms with van der Waals surface area (Å²) >= 11 is 18.5. The van der Waals surface area contributed by atoms with Crippen LogP contribution in [0.2, 0.25) is 15.1 Å². The van der Waals surface area contributed by atoms with Crippen molar-refractivity contribution in [3.8, 4) is 5.75 Å². The fourth-order valence-corrected chi connectivity index (χ4v) is 5.51. The number of carboxylic acids is 1. The van der Waals surface area contributed by atoms with Crippen LogP contribution >= 0.6 is 34.8 Å². The van der Waals surface area contributed by atoms with Gasteiger partial charge in [-0.2, -0.15) is 0 Å². The number of benzene rings is 2. The highest BCUT2D eigenvalue weighted by Gasteiger charge is 2.41. The third kappa shape index (κ3) is 5.86. The van der Waals surface area contributed by atoms with Gasteiger partial charge >= 0.3 is 12.0 Å². The normalized spacial score (nSPS) is 22.0. The van der Waals surface area contributed by atoms with Gasteiger partial charge in [0.25, 0.3) is 0 Å². The Morgan fingerprint density at radius 2 is 1.76 bits per heavy atom. The highest BCUT2D eigenvalue weighted by atomic mass is 35.5. The molecule has 0 aliphatic carbocycles. The Bertz CT molecular complexity index is 1030. The molecule has 2 N–H and O–H groups in total. The molecule has 176 valence electrons. The third-order valence-corrected chi connectivity index (χ3v) is 7.14. The number of halogens is 3. The molecule has 2 aliphatic heterocycles. The molecule has 0 spiro atoms. The van der Waals surface area contributed by atoms with Crippen LogP contribution in [0.1, 0.15) is 43.2 Å². The minimum absolute atomic E-state index is 0.0575. The van der Waals surface area contributed by atoms with Gasteiger partial charge in [0.2, 0.25) is 0 Å². The van der Waals surface area contributed by atoms with Crippen molar-refractivity contribution < 1.29 is 19.4 Å². The van der Waals surface area contributed by atoms with E-state index < -0.39 is 5.97 Å². The number of carbonyl (C=O) groups is 2. The molecule has 0 saturated carbocycles. The monoisotopic (exact) mass is 510 g/mol. The standard InChI is InChI=1S/C24H25Cl3N2O4/c25-16-6-5-15(20(26)10-16)13-28-24(32)29-17-2-1-3-18(29)12-19(11-17)33-22-7-4-14(8-21(22)27)9-23(30)31/h4-8,10,17-19H,1-3,9,11-13H2,(H,28,32)(H,30,31). The number of hydrogen-bond donors (Lipinski definition) is 2. The molecule has 2 aromatic carbocycles. The highest BCUT2D eigenvalue weighted by molar-refractivity contribution is 6.35. The minimum Gasteiger partial charge on any atom is -0.489 e. The van der Waals surface area contributed by atoms with Crippen molar-refractivity contribution in [2.45, 2.75) is 63.3 Å². The molecule has 6 nitrogen and oxygen atoms in total. The van der Waals surface area contributed by atoms with Crippen LogP contribution in [0, 0.1) is 0 Å². The van der Waals surface area contributed by atoms with Crippen LogP contribution < -0.4 is 10.1 Å². The first kappa shape index (κ1) is 24.0. The molecule has 2 atom stereocenters. The van der Waals surface area contributed by atoms with Crippen molar-refractivity contribution in [2.24, 2.45) is 0 Å². The first-order chi connectivity index (χ1) is 15.8. The molecule has 2 aromatic rings. The Kier molecular flexibility index (Phi) is 7.57. The van der Waals surface area contributed by atoms with E-state index in [9.17, 15) is 9.59 Å². The van der Waals surface area contributed by atoms with E-state index in [-0.39, 0.29) is 30.6 Å². The van der Waals surface area contributed by atoms with Gasteiger partial charge in [0.05, 0.1) is 11.4 Å². The molecule has 2 aliphatic rings. The highest BCUT2D eigenvalue weighted by Crippen LogP contribution is 2.37. The molecule has 2 heterocycles. The smallest absolute Gasteiger partial charge is 0.318 e. The Morgan fingerprint density at radius 1 is 1.03 bits per heavy atom. The lowest BCUT2D eigenvalue weighted by Crippen LogP contribution is -2.59. The van der Waals surface area contributed by atoms with E-state index in [0.29, 0.717) is 32.9 Å². The summed E-state index contributed by atoms with van der Waals surface area (Å²) in [6, 6.07) is 10.4. The zero-order chi connectivity index (χ0) is 23.5. The van der Waals surface area contributed by atoms with E-state index in [1.165, 1.54) is 0 Å². The lowest BCUT2D eigenvalue weighted by atomic mass is 9.83. The number of nitrogens with one attached hydrogen (secondary N) is 1. The van der Waals surface area contributed by atoms with E-state index in [1.54, 1.807) is 30.3 Å². The van der Waals surface area contributed by atoms with E-state index >= 15 is 0 Å². The van der Waals surface area contributed by atoms with Crippen LogP contribution in [0.25, 0.3) is 0 Å². The topological polar surface area (TPSA) is 78.9 Å². The Morgan fingerprint density at radius 3 is 2.39 bits per heavy atom. The van der Waals surface area contributed by atoms with Crippen molar-refractivity contribution >= 4 is 46.8 Å². The predicted octanol–water partition coefficient (Wildman–Crippen LogP) is 5.95. The maximum absolute atomic E-state index is 13.0. The van der Waals surface area contributed by atoms with Crippen molar-refractivity contribution in [1.82, 2.24) is 10.2 Å². The number of carboxylic acid groups (broad SMARTS) is 1. The number of ether oxygens (including phenoxy) is 1. The quantitative estimate of drug-likeness (QED) is 0.502. The number of carbonyl (C=O) groups excluding carboxylic acids is 1. The van der Waals surface area contributed by atoms with Crippen LogP contribution in [-0.2, 0) is 17.8 Å². The summed E-state index contributed by atoms with van der Waals surface area (Å²) in [5.41, 5.74) is 1.45. The van der Waals surface area contributed by atoms with Gasteiger partial charge in [0.15, 0.2) is 0 Å². The SMILES string of the molecule is O=C(O)Cc1ccc(OC2CC3CCCC(C2)N3C(=O)NCc2ccc(Cl)cc2Cl)c(Cl)c1. The maximum Gasteiger partial charge on any atom is 0.318 e. The third-order valence-electron chi connectivity index (χ3n) is 6.26. The largest absolute Gasteiger partial charge is 0.489 e. The molecule has 2 unspecified atom stereocenters. The molecule has 4 rings (SSSR count). The number of amides is 2. The summed E-state index contributed by atoms with van der Waals surface area (Å²) in [7, 11) is 0. The Balaban J connectivity index is 1.38. The number of piperidine rings is 2. The Hall–Kier alpha value is -2.15. The van der Waals surface area contributed by atoms with Gasteiger partial charge in [-0.3, -0.25) is 4.79 Å². The fraction of sp³-hybridized carbons (Fsp3) is 0.417. The first-order valence-corrected chi connectivity index (χ1v) is 12.1. The number of nitrogens with zero attached hydrogens (tertiary/aromatic N) is 1. The predicted molar refractivity (Wildman–Crippen MR) is 128 cm³/mol. The van der Waals surface area contributed by atoms with Gasteiger partial charge < -0.3 is 20.1 Å². The van der Waals surface area contributed by atoms with Crippen molar-refractivity contribution in [3.05, 3.63) is 62.6 Å². The van der Waals surface area contributed by atoms with E-state index in [4.69, 9.17) is 44.6 Å². The second kappa shape index (κ2) is 10.4. The van der Waals surface area contributed by atoms with Crippen LogP contribution in [0.4, 0.5) is 4.79 Å². The van der Waals surface area contributed by atoms with Gasteiger partial charge in [-0.25, -0.2) is 4.79 Å². The molecule has 9 heteroatoms. The number of urea groups is 1. The van der Waals surface area contributed by atoms with E-state index in [0.717, 1.165) is 37.7 Å². The van der Waals surface area contributed by atoms with Crippen LogP contribution in [0.5, 0.6) is 5.75 Å². The number of aliphatic carboxylic acids is 1. The summed E-state index contributed by atoms with van der Waals surface area (Å²) in [6.07, 6.45) is 4.24. The van der Waals surface area contributed by atoms with Crippen LogP contribution in [-0.4, -0.2) is 40.2 Å². The van der Waals surface area contributed by atoms with Crippen LogP contribution in [0.3, 0.4) is 0 Å². The van der Waals surface area contributed by atoms with Gasteiger partial charge in [0.1, 0.15) is 11.9 Å². The summed E-state index contributed by atoms with van der Waals surface area (Å²) in [4.78, 5) is 25.9.